The molecule has 0 bridgehead atoms. The Labute approximate surface area is 83.9 Å². The van der Waals surface area contributed by atoms with Crippen molar-refractivity contribution >= 4 is 23.7 Å². The van der Waals surface area contributed by atoms with E-state index in [-0.39, 0.29) is 28.4 Å². The predicted octanol–water partition coefficient (Wildman–Crippen LogP) is 2.15. The van der Waals surface area contributed by atoms with Crippen molar-refractivity contribution in [2.75, 3.05) is 5.73 Å². The third-order valence-corrected chi connectivity index (χ3v) is 2.05. The number of nitrogens with zero attached hydrogens (tertiary/aromatic N) is 1. The zero-order valence-corrected chi connectivity index (χ0v) is 7.76. The summed E-state index contributed by atoms with van der Waals surface area (Å²) < 4.78 is 24.8. The summed E-state index contributed by atoms with van der Waals surface area (Å²) in [6, 6.07) is 0. The molecule has 0 aromatic carbocycles. The Bertz CT molecular complexity index is 357. The molecule has 0 aliphatic carbocycles. The van der Waals surface area contributed by atoms with Gasteiger partial charge in [0.15, 0.2) is 6.29 Å². The summed E-state index contributed by atoms with van der Waals surface area (Å²) in [6.45, 7) is 0. The number of alkyl halides is 3. The molecule has 0 radical (unpaired) electrons. The fourth-order valence-electron chi connectivity index (χ4n) is 1.07. The van der Waals surface area contributed by atoms with Crippen molar-refractivity contribution in [2.45, 2.75) is 12.3 Å². The summed E-state index contributed by atoms with van der Waals surface area (Å²) in [6.07, 6.45) is -1.40. The van der Waals surface area contributed by atoms with Crippen LogP contribution in [-0.4, -0.2) is 11.3 Å². The maximum absolute atomic E-state index is 12.4. The van der Waals surface area contributed by atoms with Crippen LogP contribution in [0.25, 0.3) is 0 Å². The summed E-state index contributed by atoms with van der Waals surface area (Å²) in [5, 5.41) is 0. The van der Waals surface area contributed by atoms with Gasteiger partial charge >= 0.3 is 0 Å². The van der Waals surface area contributed by atoms with E-state index in [9.17, 15) is 13.6 Å². The van der Waals surface area contributed by atoms with E-state index in [4.69, 9.17) is 17.3 Å². The summed E-state index contributed by atoms with van der Waals surface area (Å²) >= 11 is 5.46. The monoisotopic (exact) mass is 220 g/mol. The van der Waals surface area contributed by atoms with Gasteiger partial charge in [-0.05, 0) is 5.56 Å². The molecule has 0 saturated heterocycles. The lowest BCUT2D eigenvalue weighted by atomic mass is 10.1. The molecule has 0 aliphatic rings. The Morgan fingerprint density at radius 3 is 2.71 bits per heavy atom. The van der Waals surface area contributed by atoms with Crippen LogP contribution in [0.2, 0.25) is 0 Å². The largest absolute Gasteiger partial charge is 0.383 e. The quantitative estimate of drug-likeness (QED) is 0.627. The van der Waals surface area contributed by atoms with Crippen molar-refractivity contribution in [3.8, 4) is 0 Å². The second-order valence-electron chi connectivity index (χ2n) is 2.54. The maximum atomic E-state index is 12.4. The number of hydrogen-bond acceptors (Lipinski definition) is 3. The van der Waals surface area contributed by atoms with Crippen LogP contribution in [0.5, 0.6) is 0 Å². The average Bonchev–Trinajstić information content (AvgIpc) is 2.16. The topological polar surface area (TPSA) is 56.0 Å². The molecule has 3 nitrogen and oxygen atoms in total. The first-order chi connectivity index (χ1) is 6.61. The van der Waals surface area contributed by atoms with Crippen LogP contribution in [0.3, 0.4) is 0 Å². The van der Waals surface area contributed by atoms with Crippen molar-refractivity contribution in [3.63, 3.8) is 0 Å². The first-order valence-corrected chi connectivity index (χ1v) is 4.21. The number of nitrogens with two attached hydrogens (primary N) is 1. The Morgan fingerprint density at radius 1 is 1.64 bits per heavy atom. The molecule has 0 unspecified atom stereocenters. The van der Waals surface area contributed by atoms with E-state index in [1.165, 1.54) is 0 Å². The minimum Gasteiger partial charge on any atom is -0.383 e. The number of anilines is 1. The molecule has 1 heterocycles. The Hall–Kier alpha value is -1.23. The zero-order valence-electron chi connectivity index (χ0n) is 7.01. The van der Waals surface area contributed by atoms with Crippen LogP contribution in [0.15, 0.2) is 6.20 Å². The molecular weight excluding hydrogens is 214 g/mol. The second kappa shape index (κ2) is 4.32. The van der Waals surface area contributed by atoms with Crippen molar-refractivity contribution in [2.24, 2.45) is 0 Å². The molecular formula is C8H7ClF2N2O. The lowest BCUT2D eigenvalue weighted by Crippen LogP contribution is -2.05. The van der Waals surface area contributed by atoms with E-state index in [0.717, 1.165) is 6.20 Å². The molecule has 76 valence electrons. The van der Waals surface area contributed by atoms with Gasteiger partial charge in [-0.15, -0.1) is 11.6 Å². The first kappa shape index (κ1) is 10.8. The van der Waals surface area contributed by atoms with Gasteiger partial charge in [-0.25, -0.2) is 13.8 Å². The number of pyridine rings is 1. The first-order valence-electron chi connectivity index (χ1n) is 3.68. The van der Waals surface area contributed by atoms with E-state index < -0.39 is 6.43 Å². The Balaban J connectivity index is 3.40. The highest BCUT2D eigenvalue weighted by atomic mass is 35.5. The number of aldehydes is 1. The van der Waals surface area contributed by atoms with E-state index in [2.05, 4.69) is 4.98 Å². The smallest absolute Gasteiger partial charge is 0.265 e. The number of carbonyl (C=O) groups is 1. The van der Waals surface area contributed by atoms with Crippen LogP contribution in [-0.2, 0) is 5.88 Å². The molecule has 6 heteroatoms. The highest BCUT2D eigenvalue weighted by Crippen LogP contribution is 2.27. The van der Waals surface area contributed by atoms with E-state index in [1.54, 1.807) is 0 Å². The van der Waals surface area contributed by atoms with E-state index in [0.29, 0.717) is 6.29 Å². The number of nitrogen functional groups attached to an aromatic ring is 1. The fraction of sp³-hybridized carbons (Fsp3) is 0.250. The summed E-state index contributed by atoms with van der Waals surface area (Å²) in [4.78, 5) is 14.0. The molecule has 1 aromatic rings. The van der Waals surface area contributed by atoms with Crippen molar-refractivity contribution in [3.05, 3.63) is 22.9 Å². The molecule has 0 saturated carbocycles. The molecule has 0 spiro atoms. The lowest BCUT2D eigenvalue weighted by molar-refractivity contribution is 0.112. The lowest BCUT2D eigenvalue weighted by Gasteiger charge is -2.09. The van der Waals surface area contributed by atoms with Crippen LogP contribution >= 0.6 is 11.6 Å². The Kier molecular flexibility index (Phi) is 3.35. The molecule has 0 aliphatic heterocycles. The maximum Gasteiger partial charge on any atom is 0.265 e. The van der Waals surface area contributed by atoms with Crippen molar-refractivity contribution in [1.82, 2.24) is 4.98 Å². The molecule has 1 rings (SSSR count). The van der Waals surface area contributed by atoms with Crippen LogP contribution < -0.4 is 5.73 Å². The third kappa shape index (κ3) is 1.82. The van der Waals surface area contributed by atoms with Gasteiger partial charge in [0.05, 0.1) is 5.56 Å². The van der Waals surface area contributed by atoms with E-state index in [1.807, 2.05) is 0 Å². The highest BCUT2D eigenvalue weighted by Gasteiger charge is 2.18. The number of carbonyl (C=O) groups excluding carboxylic acids is 1. The normalized spacial score (nSPS) is 10.6. The average molecular weight is 221 g/mol. The number of aromatic nitrogens is 1. The molecule has 14 heavy (non-hydrogen) atoms. The molecule has 1 aromatic heterocycles. The van der Waals surface area contributed by atoms with Crippen LogP contribution in [0.1, 0.15) is 27.9 Å². The van der Waals surface area contributed by atoms with Crippen molar-refractivity contribution < 1.29 is 13.6 Å². The molecule has 0 atom stereocenters. The Morgan fingerprint density at radius 2 is 2.29 bits per heavy atom. The predicted molar refractivity (Wildman–Crippen MR) is 48.6 cm³/mol. The van der Waals surface area contributed by atoms with Gasteiger partial charge in [0.2, 0.25) is 0 Å². The minimum absolute atomic E-state index is 0.0455. The fourth-order valence-corrected chi connectivity index (χ4v) is 1.36. The van der Waals surface area contributed by atoms with Crippen molar-refractivity contribution in [1.29, 1.82) is 0 Å². The second-order valence-corrected chi connectivity index (χ2v) is 2.81. The summed E-state index contributed by atoms with van der Waals surface area (Å²) in [5.74, 6) is -0.277. The molecule has 0 fully saturated rings. The van der Waals surface area contributed by atoms with Gasteiger partial charge in [-0.1, -0.05) is 0 Å². The summed E-state index contributed by atoms with van der Waals surface area (Å²) in [5.41, 5.74) is 4.97. The van der Waals surface area contributed by atoms with Crippen LogP contribution in [0.4, 0.5) is 14.6 Å². The van der Waals surface area contributed by atoms with E-state index >= 15 is 0 Å². The van der Waals surface area contributed by atoms with Gasteiger partial charge < -0.3 is 5.73 Å². The summed E-state index contributed by atoms with van der Waals surface area (Å²) in [7, 11) is 0. The van der Waals surface area contributed by atoms with Crippen LogP contribution in [0, 0.1) is 0 Å². The van der Waals surface area contributed by atoms with Gasteiger partial charge in [0.25, 0.3) is 6.43 Å². The van der Waals surface area contributed by atoms with Gasteiger partial charge in [0, 0.05) is 17.6 Å². The number of hydrogen-bond donors (Lipinski definition) is 1. The van der Waals surface area contributed by atoms with Gasteiger partial charge in [-0.2, -0.15) is 0 Å². The zero-order chi connectivity index (χ0) is 10.7. The SMILES string of the molecule is Nc1ncc(C(F)F)c(CCl)c1C=O. The third-order valence-electron chi connectivity index (χ3n) is 1.78. The number of halogens is 3. The minimum atomic E-state index is -2.71. The standard InChI is InChI=1S/C8H7ClF2N2O/c9-1-4-5(7(10)11)2-13-8(12)6(4)3-14/h2-3,7H,1H2,(H2,12,13). The highest BCUT2D eigenvalue weighted by molar-refractivity contribution is 6.17. The van der Waals surface area contributed by atoms with Gasteiger partial charge in [0.1, 0.15) is 5.82 Å². The molecule has 2 N–H and O–H groups in total. The number of rotatable bonds is 3. The van der Waals surface area contributed by atoms with Gasteiger partial charge in [-0.3, -0.25) is 4.79 Å². The molecule has 0 amide bonds.